The lowest BCUT2D eigenvalue weighted by molar-refractivity contribution is -0.142. The standard InChI is InChI=1S/C22H29NO2.C18H20O3.C4H11N.CH4/c1-13(2)11-23-20(25)19-18-14(3)6-5-7-15(18)16-8-9-21(4)12-22(16,19)10-17(21)24;1-10-4-3-5-11-12-6-7-17(2)9-18(12,8-13(17)19)15(14(10)11)16(20)21;1-4(2)3-5;/h5-7,13,16,19H,8-12H2,1-4H3,(H,23,25);3-5,12,15H,6-9H2,1-2H3,(H,20,21);4H,3,5H2,1-2H3;1H4/t16-,19+,21-,22+;12-,15+,17-,18+;;/m00../s1. The second-order valence-electron chi connectivity index (χ2n) is 18.5. The Balaban J connectivity index is 0.000000177. The zero-order valence-corrected chi connectivity index (χ0v) is 32.2. The van der Waals surface area contributed by atoms with Gasteiger partial charge in [-0.3, -0.25) is 19.2 Å². The maximum atomic E-state index is 13.3. The second-order valence-corrected chi connectivity index (χ2v) is 18.5. The number of carboxylic acid groups (broad SMARTS) is 1. The van der Waals surface area contributed by atoms with E-state index in [1.54, 1.807) is 0 Å². The van der Waals surface area contributed by atoms with Crippen molar-refractivity contribution in [1.82, 2.24) is 5.32 Å². The number of ketones is 2. The van der Waals surface area contributed by atoms with Crippen molar-refractivity contribution in [2.45, 2.75) is 138 Å². The van der Waals surface area contributed by atoms with Crippen LogP contribution in [-0.2, 0) is 19.2 Å². The molecule has 0 saturated heterocycles. The molecule has 2 aromatic rings. The number of nitrogens with two attached hydrogens (primary N) is 1. The molecule has 0 aromatic heterocycles. The van der Waals surface area contributed by atoms with Gasteiger partial charge in [-0.25, -0.2) is 0 Å². The predicted octanol–water partition coefficient (Wildman–Crippen LogP) is 8.74. The molecule has 4 bridgehead atoms. The third-order valence-electron chi connectivity index (χ3n) is 14.0. The van der Waals surface area contributed by atoms with Gasteiger partial charge >= 0.3 is 5.97 Å². The normalized spacial score (nSPS) is 34.2. The van der Waals surface area contributed by atoms with Crippen LogP contribution >= 0.6 is 0 Å². The number of rotatable bonds is 5. The lowest BCUT2D eigenvalue weighted by Gasteiger charge is -2.42. The number of aliphatic carboxylic acids is 1. The summed E-state index contributed by atoms with van der Waals surface area (Å²) in [6, 6.07) is 12.5. The topological polar surface area (TPSA) is 127 Å². The Morgan fingerprint density at radius 2 is 1.21 bits per heavy atom. The first-order chi connectivity index (χ1) is 23.9. The number of fused-ring (bicyclic) bond motifs is 6. The fraction of sp³-hybridized carbons (Fsp3) is 0.644. The highest BCUT2D eigenvalue weighted by atomic mass is 16.4. The average Bonchev–Trinajstić information content (AvgIpc) is 3.65. The van der Waals surface area contributed by atoms with Gasteiger partial charge in [-0.05, 0) is 116 Å². The molecule has 2 spiro atoms. The number of amides is 1. The van der Waals surface area contributed by atoms with Gasteiger partial charge in [0.1, 0.15) is 11.6 Å². The van der Waals surface area contributed by atoms with Crippen LogP contribution in [0, 0.1) is 47.3 Å². The summed E-state index contributed by atoms with van der Waals surface area (Å²) < 4.78 is 0. The Morgan fingerprint density at radius 1 is 0.788 bits per heavy atom. The maximum absolute atomic E-state index is 13.3. The molecule has 2 aromatic carbocycles. The smallest absolute Gasteiger partial charge is 0.311 e. The van der Waals surface area contributed by atoms with Crippen LogP contribution in [-0.4, -0.2) is 41.6 Å². The Bertz CT molecular complexity index is 1750. The Kier molecular flexibility index (Phi) is 10.9. The SMILES string of the molecule is C.CC(C)CN.Cc1cccc2c1[C@H](C(=O)NCC(C)C)[C@@]13CC(=O)[C@@](C)(CC[C@@H]21)C3.Cc1cccc2c1[C@H](C(=O)O)[C@@]13CC(=O)[C@@](C)(CC[C@@H]21)C3. The van der Waals surface area contributed by atoms with Crippen LogP contribution in [0.2, 0.25) is 0 Å². The first-order valence-corrected chi connectivity index (χ1v) is 19.4. The molecule has 8 atom stereocenters. The molecule has 0 aliphatic heterocycles. The van der Waals surface area contributed by atoms with Crippen LogP contribution in [0.3, 0.4) is 0 Å². The van der Waals surface area contributed by atoms with E-state index in [-0.39, 0.29) is 52.6 Å². The van der Waals surface area contributed by atoms with E-state index in [0.717, 1.165) is 56.2 Å². The van der Waals surface area contributed by atoms with Gasteiger partial charge in [0.15, 0.2) is 0 Å². The van der Waals surface area contributed by atoms with Crippen LogP contribution in [0.25, 0.3) is 0 Å². The van der Waals surface area contributed by atoms with Gasteiger partial charge in [0.2, 0.25) is 5.91 Å². The minimum absolute atomic E-state index is 0. The average molecular weight is 713 g/mol. The van der Waals surface area contributed by atoms with Crippen molar-refractivity contribution in [3.8, 4) is 0 Å². The predicted molar refractivity (Wildman–Crippen MR) is 207 cm³/mol. The summed E-state index contributed by atoms with van der Waals surface area (Å²) in [4.78, 5) is 50.7. The molecular formula is C45H64N2O5. The molecule has 4 fully saturated rings. The first kappa shape index (κ1) is 39.9. The fourth-order valence-electron chi connectivity index (χ4n) is 11.5. The number of carbonyl (C=O) groups is 4. The Morgan fingerprint density at radius 3 is 1.62 bits per heavy atom. The van der Waals surface area contributed by atoms with Gasteiger partial charge in [0.05, 0.1) is 11.8 Å². The monoisotopic (exact) mass is 712 g/mol. The van der Waals surface area contributed by atoms with E-state index in [0.29, 0.717) is 42.9 Å². The molecule has 0 heterocycles. The van der Waals surface area contributed by atoms with Crippen molar-refractivity contribution in [2.24, 2.45) is 39.2 Å². The fourth-order valence-corrected chi connectivity index (χ4v) is 11.5. The number of Topliss-reactive ketones (excluding diaryl/α,β-unsaturated/α-hetero) is 2. The van der Waals surface area contributed by atoms with Gasteiger partial charge < -0.3 is 16.2 Å². The molecule has 6 aliphatic carbocycles. The number of aryl methyl sites for hydroxylation is 2. The van der Waals surface area contributed by atoms with E-state index < -0.39 is 11.9 Å². The molecule has 1 amide bonds. The summed E-state index contributed by atoms with van der Waals surface area (Å²) in [5, 5.41) is 13.1. The molecule has 0 radical (unpaired) electrons. The molecule has 4 saturated carbocycles. The van der Waals surface area contributed by atoms with Crippen molar-refractivity contribution in [2.75, 3.05) is 13.1 Å². The second kappa shape index (κ2) is 14.2. The highest BCUT2D eigenvalue weighted by Crippen LogP contribution is 2.72. The van der Waals surface area contributed by atoms with Gasteiger partial charge in [-0.2, -0.15) is 0 Å². The lowest BCUT2D eigenvalue weighted by Crippen LogP contribution is -2.41. The molecular weight excluding hydrogens is 649 g/mol. The molecule has 4 N–H and O–H groups in total. The molecule has 6 aliphatic rings. The molecule has 284 valence electrons. The van der Waals surface area contributed by atoms with E-state index in [9.17, 15) is 24.3 Å². The van der Waals surface area contributed by atoms with Crippen LogP contribution in [0.5, 0.6) is 0 Å². The lowest BCUT2D eigenvalue weighted by atomic mass is 9.60. The summed E-state index contributed by atoms with van der Waals surface area (Å²) in [6.45, 7) is 18.2. The van der Waals surface area contributed by atoms with E-state index in [2.05, 4.69) is 71.1 Å². The minimum Gasteiger partial charge on any atom is -0.481 e. The summed E-state index contributed by atoms with van der Waals surface area (Å²) >= 11 is 0. The number of benzene rings is 2. The van der Waals surface area contributed by atoms with E-state index >= 15 is 0 Å². The van der Waals surface area contributed by atoms with Gasteiger partial charge in [-0.1, -0.05) is 85.4 Å². The maximum Gasteiger partial charge on any atom is 0.311 e. The molecule has 7 heteroatoms. The van der Waals surface area contributed by atoms with E-state index in [1.165, 1.54) is 22.3 Å². The molecule has 0 unspecified atom stereocenters. The number of nitrogens with one attached hydrogen (secondary N) is 1. The van der Waals surface area contributed by atoms with Crippen LogP contribution in [0.15, 0.2) is 36.4 Å². The Hall–Kier alpha value is -3.32. The largest absolute Gasteiger partial charge is 0.481 e. The number of hydrogen-bond acceptors (Lipinski definition) is 5. The third-order valence-corrected chi connectivity index (χ3v) is 14.0. The van der Waals surface area contributed by atoms with Crippen molar-refractivity contribution in [1.29, 1.82) is 0 Å². The Labute approximate surface area is 312 Å². The number of carboxylic acids is 1. The van der Waals surface area contributed by atoms with Gasteiger partial charge in [0.25, 0.3) is 0 Å². The zero-order chi connectivity index (χ0) is 37.3. The van der Waals surface area contributed by atoms with Crippen LogP contribution in [0.1, 0.15) is 157 Å². The van der Waals surface area contributed by atoms with Crippen molar-refractivity contribution in [3.05, 3.63) is 69.8 Å². The van der Waals surface area contributed by atoms with E-state index in [1.807, 2.05) is 26.0 Å². The molecule has 7 nitrogen and oxygen atoms in total. The summed E-state index contributed by atoms with van der Waals surface area (Å²) in [7, 11) is 0. The molecule has 52 heavy (non-hydrogen) atoms. The third kappa shape index (κ3) is 6.17. The van der Waals surface area contributed by atoms with E-state index in [4.69, 9.17) is 5.73 Å². The highest BCUT2D eigenvalue weighted by molar-refractivity contribution is 5.94. The summed E-state index contributed by atoms with van der Waals surface area (Å²) in [6.07, 6.45) is 6.48. The quantitative estimate of drug-likeness (QED) is 0.285. The van der Waals surface area contributed by atoms with Crippen molar-refractivity contribution >= 4 is 23.4 Å². The van der Waals surface area contributed by atoms with Crippen molar-refractivity contribution in [3.63, 3.8) is 0 Å². The number of carbonyl (C=O) groups excluding carboxylic acids is 3. The highest BCUT2D eigenvalue weighted by Gasteiger charge is 2.68. The minimum atomic E-state index is -0.757. The van der Waals surface area contributed by atoms with Gasteiger partial charge in [-0.15, -0.1) is 0 Å². The van der Waals surface area contributed by atoms with Gasteiger partial charge in [0, 0.05) is 41.0 Å². The molecule has 8 rings (SSSR count). The first-order valence-electron chi connectivity index (χ1n) is 19.4. The van der Waals surface area contributed by atoms with Crippen LogP contribution < -0.4 is 11.1 Å². The van der Waals surface area contributed by atoms with Crippen LogP contribution in [0.4, 0.5) is 0 Å². The van der Waals surface area contributed by atoms with Crippen molar-refractivity contribution < 1.29 is 24.3 Å². The zero-order valence-electron chi connectivity index (χ0n) is 32.2. The summed E-state index contributed by atoms with van der Waals surface area (Å²) in [5.74, 6) is 1.04. The summed E-state index contributed by atoms with van der Waals surface area (Å²) in [5.41, 5.74) is 11.1. The number of hydrogen-bond donors (Lipinski definition) is 3.